The van der Waals surface area contributed by atoms with E-state index in [0.29, 0.717) is 18.2 Å². The van der Waals surface area contributed by atoms with Crippen LogP contribution in [0.4, 0.5) is 5.95 Å². The molecule has 3 N–H and O–H groups in total. The van der Waals surface area contributed by atoms with Crippen molar-refractivity contribution in [3.63, 3.8) is 0 Å². The summed E-state index contributed by atoms with van der Waals surface area (Å²) >= 11 is 0. The topological polar surface area (TPSA) is 87.6 Å². The summed E-state index contributed by atoms with van der Waals surface area (Å²) in [6.07, 6.45) is 1.76. The second-order valence-corrected chi connectivity index (χ2v) is 4.25. The Kier molecular flexibility index (Phi) is 4.41. The summed E-state index contributed by atoms with van der Waals surface area (Å²) < 4.78 is 0. The largest absolute Gasteiger partial charge is 0.352 e. The molecule has 0 fully saturated rings. The molecule has 1 aromatic heterocycles. The molecule has 1 rings (SSSR count). The molecule has 1 heterocycles. The van der Waals surface area contributed by atoms with Crippen molar-refractivity contribution < 1.29 is 0 Å². The third kappa shape index (κ3) is 3.68. The van der Waals surface area contributed by atoms with Gasteiger partial charge in [0.2, 0.25) is 5.95 Å². The number of nitrogens with one attached hydrogen (secondary N) is 1. The monoisotopic (exact) mass is 233 g/mol. The molecule has 5 heteroatoms. The average molecular weight is 233 g/mol. The van der Waals surface area contributed by atoms with E-state index in [-0.39, 0.29) is 5.54 Å². The fraction of sp³-hybridized carbons (Fsp3) is 0.583. The van der Waals surface area contributed by atoms with Crippen LogP contribution in [-0.4, -0.2) is 22.1 Å². The summed E-state index contributed by atoms with van der Waals surface area (Å²) in [6.45, 7) is 6.56. The molecule has 0 spiro atoms. The van der Waals surface area contributed by atoms with Crippen molar-refractivity contribution in [3.8, 4) is 6.07 Å². The van der Waals surface area contributed by atoms with Gasteiger partial charge in [-0.05, 0) is 25.8 Å². The lowest BCUT2D eigenvalue weighted by molar-refractivity contribution is 0.417. The van der Waals surface area contributed by atoms with Gasteiger partial charge in [0.1, 0.15) is 11.8 Å². The first kappa shape index (κ1) is 13.4. The molecule has 0 radical (unpaired) electrons. The van der Waals surface area contributed by atoms with E-state index in [9.17, 15) is 0 Å². The van der Waals surface area contributed by atoms with E-state index in [1.165, 1.54) is 0 Å². The third-order valence-electron chi connectivity index (χ3n) is 2.98. The minimum Gasteiger partial charge on any atom is -0.352 e. The number of nitrogens with two attached hydrogens (primary N) is 1. The molecule has 0 aromatic carbocycles. The van der Waals surface area contributed by atoms with Crippen LogP contribution in [0.15, 0.2) is 6.07 Å². The molecule has 0 unspecified atom stereocenters. The summed E-state index contributed by atoms with van der Waals surface area (Å²) in [5.41, 5.74) is 7.06. The zero-order valence-corrected chi connectivity index (χ0v) is 10.6. The lowest BCUT2D eigenvalue weighted by atomic mass is 9.94. The molecule has 0 bridgehead atoms. The fourth-order valence-corrected chi connectivity index (χ4v) is 1.46. The second kappa shape index (κ2) is 5.60. The number of hydrogen-bond donors (Lipinski definition) is 2. The van der Waals surface area contributed by atoms with Gasteiger partial charge >= 0.3 is 0 Å². The highest BCUT2D eigenvalue weighted by Crippen LogP contribution is 2.12. The number of rotatable bonds is 5. The van der Waals surface area contributed by atoms with E-state index >= 15 is 0 Å². The number of aromatic nitrogens is 2. The second-order valence-electron chi connectivity index (χ2n) is 4.25. The summed E-state index contributed by atoms with van der Waals surface area (Å²) in [5, 5.41) is 11.9. The zero-order chi connectivity index (χ0) is 12.9. The third-order valence-corrected chi connectivity index (χ3v) is 2.98. The first-order valence-corrected chi connectivity index (χ1v) is 5.81. The quantitative estimate of drug-likeness (QED) is 0.806. The van der Waals surface area contributed by atoms with E-state index in [1.807, 2.05) is 13.0 Å². The summed E-state index contributed by atoms with van der Waals surface area (Å²) in [7, 11) is 0. The van der Waals surface area contributed by atoms with Gasteiger partial charge in [-0.15, -0.1) is 0 Å². The molecule has 1 aromatic rings. The number of aryl methyl sites for hydroxylation is 1. The molecule has 17 heavy (non-hydrogen) atoms. The van der Waals surface area contributed by atoms with Crippen molar-refractivity contribution in [2.45, 2.75) is 39.2 Å². The van der Waals surface area contributed by atoms with Gasteiger partial charge in [-0.25, -0.2) is 9.97 Å². The maximum atomic E-state index is 8.81. The molecule has 0 aliphatic rings. The van der Waals surface area contributed by atoms with Crippen molar-refractivity contribution in [3.05, 3.63) is 17.5 Å². The van der Waals surface area contributed by atoms with Gasteiger partial charge in [-0.2, -0.15) is 5.26 Å². The molecule has 0 atom stereocenters. The predicted molar refractivity (Wildman–Crippen MR) is 67.5 cm³/mol. The smallest absolute Gasteiger partial charge is 0.224 e. The lowest BCUT2D eigenvalue weighted by Gasteiger charge is -2.26. The Morgan fingerprint density at radius 3 is 2.59 bits per heavy atom. The number of nitrogens with zero attached hydrogens (tertiary/aromatic N) is 3. The van der Waals surface area contributed by atoms with Crippen LogP contribution in [0.25, 0.3) is 0 Å². The SMILES string of the molecule is CCC(N)(CC)CNc1nc(C)cc(C#N)n1. The van der Waals surface area contributed by atoms with Crippen molar-refractivity contribution in [2.24, 2.45) is 5.73 Å². The molecule has 0 saturated carbocycles. The Labute approximate surface area is 102 Å². The molecule has 0 aliphatic carbocycles. The highest BCUT2D eigenvalue weighted by molar-refractivity contribution is 5.33. The Morgan fingerprint density at radius 2 is 2.06 bits per heavy atom. The van der Waals surface area contributed by atoms with E-state index in [2.05, 4.69) is 29.1 Å². The highest BCUT2D eigenvalue weighted by Gasteiger charge is 2.20. The molecule has 0 saturated heterocycles. The van der Waals surface area contributed by atoms with E-state index in [0.717, 1.165) is 18.5 Å². The van der Waals surface area contributed by atoms with Crippen LogP contribution in [0.2, 0.25) is 0 Å². The number of hydrogen-bond acceptors (Lipinski definition) is 5. The van der Waals surface area contributed by atoms with Crippen molar-refractivity contribution in [2.75, 3.05) is 11.9 Å². The molecule has 92 valence electrons. The van der Waals surface area contributed by atoms with Gasteiger partial charge in [0, 0.05) is 17.8 Å². The van der Waals surface area contributed by atoms with Gasteiger partial charge in [-0.3, -0.25) is 0 Å². The number of anilines is 1. The minimum absolute atomic E-state index is 0.250. The predicted octanol–water partition coefficient (Wildman–Crippen LogP) is 1.59. The van der Waals surface area contributed by atoms with Crippen LogP contribution in [0.5, 0.6) is 0 Å². The standard InChI is InChI=1S/C12H19N5/c1-4-12(14,5-2)8-15-11-16-9(3)6-10(7-13)17-11/h6H,4-5,8,14H2,1-3H3,(H,15,16,17). The van der Waals surface area contributed by atoms with Crippen molar-refractivity contribution >= 4 is 5.95 Å². The summed E-state index contributed by atoms with van der Waals surface area (Å²) in [5.74, 6) is 0.471. The average Bonchev–Trinajstić information content (AvgIpc) is 2.35. The van der Waals surface area contributed by atoms with E-state index in [1.54, 1.807) is 6.07 Å². The summed E-state index contributed by atoms with van der Waals surface area (Å²) in [6, 6.07) is 3.66. The van der Waals surface area contributed by atoms with Crippen molar-refractivity contribution in [1.29, 1.82) is 5.26 Å². The van der Waals surface area contributed by atoms with Crippen LogP contribution >= 0.6 is 0 Å². The van der Waals surface area contributed by atoms with Gasteiger partial charge in [0.05, 0.1) is 0 Å². The van der Waals surface area contributed by atoms with E-state index in [4.69, 9.17) is 11.0 Å². The molecule has 5 nitrogen and oxygen atoms in total. The first-order chi connectivity index (χ1) is 8.03. The van der Waals surface area contributed by atoms with Crippen LogP contribution in [0.3, 0.4) is 0 Å². The van der Waals surface area contributed by atoms with Gasteiger partial charge < -0.3 is 11.1 Å². The molecular formula is C12H19N5. The highest BCUT2D eigenvalue weighted by atomic mass is 15.1. The van der Waals surface area contributed by atoms with Crippen molar-refractivity contribution in [1.82, 2.24) is 9.97 Å². The molecular weight excluding hydrogens is 214 g/mol. The van der Waals surface area contributed by atoms with Crippen LogP contribution in [0.1, 0.15) is 38.1 Å². The van der Waals surface area contributed by atoms with Gasteiger partial charge in [0.15, 0.2) is 0 Å². The zero-order valence-electron chi connectivity index (χ0n) is 10.6. The Balaban J connectivity index is 2.76. The fourth-order valence-electron chi connectivity index (χ4n) is 1.46. The normalized spacial score (nSPS) is 11.0. The minimum atomic E-state index is -0.250. The molecule has 0 aliphatic heterocycles. The van der Waals surface area contributed by atoms with Crippen LogP contribution < -0.4 is 11.1 Å². The maximum absolute atomic E-state index is 8.81. The number of nitriles is 1. The van der Waals surface area contributed by atoms with Crippen LogP contribution in [0, 0.1) is 18.3 Å². The van der Waals surface area contributed by atoms with E-state index < -0.39 is 0 Å². The maximum Gasteiger partial charge on any atom is 0.224 e. The van der Waals surface area contributed by atoms with Crippen LogP contribution in [-0.2, 0) is 0 Å². The lowest BCUT2D eigenvalue weighted by Crippen LogP contribution is -2.45. The Hall–Kier alpha value is -1.67. The Morgan fingerprint density at radius 1 is 1.41 bits per heavy atom. The Bertz CT molecular complexity index is 417. The molecule has 0 amide bonds. The first-order valence-electron chi connectivity index (χ1n) is 5.81. The summed E-state index contributed by atoms with van der Waals surface area (Å²) in [4.78, 5) is 8.31. The van der Waals surface area contributed by atoms with Gasteiger partial charge in [0.25, 0.3) is 0 Å². The van der Waals surface area contributed by atoms with Gasteiger partial charge in [-0.1, -0.05) is 13.8 Å².